The highest BCUT2D eigenvalue weighted by atomic mass is 33.1. The Kier molecular flexibility index (Phi) is 5.91. The number of hydrogen-bond acceptors (Lipinski definition) is 6. The van der Waals surface area contributed by atoms with E-state index >= 15 is 0 Å². The smallest absolute Gasteiger partial charge is 0.307 e. The molecule has 2 N–H and O–H groups in total. The van der Waals surface area contributed by atoms with E-state index in [1.807, 2.05) is 0 Å². The van der Waals surface area contributed by atoms with Crippen molar-refractivity contribution in [2.45, 2.75) is 25.7 Å². The normalized spacial score (nSPS) is 31.6. The first kappa shape index (κ1) is 17.3. The maximum Gasteiger partial charge on any atom is 0.307 e. The summed E-state index contributed by atoms with van der Waals surface area (Å²) in [6, 6.07) is 0. The van der Waals surface area contributed by atoms with Gasteiger partial charge in [0.1, 0.15) is 11.6 Å². The van der Waals surface area contributed by atoms with E-state index in [2.05, 4.69) is 0 Å². The predicted octanol–water partition coefficient (Wildman–Crippen LogP) is 1.73. The molecule has 0 aromatic carbocycles. The van der Waals surface area contributed by atoms with Crippen LogP contribution in [0.3, 0.4) is 0 Å². The van der Waals surface area contributed by atoms with E-state index in [-0.39, 0.29) is 11.6 Å². The van der Waals surface area contributed by atoms with Gasteiger partial charge < -0.3 is 10.2 Å². The van der Waals surface area contributed by atoms with Crippen molar-refractivity contribution in [1.82, 2.24) is 0 Å². The Bertz CT molecular complexity index is 448. The monoisotopic (exact) mass is 346 g/mol. The molecule has 122 valence electrons. The van der Waals surface area contributed by atoms with E-state index in [0.29, 0.717) is 37.2 Å². The largest absolute Gasteiger partial charge is 0.481 e. The lowest BCUT2D eigenvalue weighted by atomic mass is 9.98. The average Bonchev–Trinajstić information content (AvgIpc) is 2.99. The third-order valence-corrected chi connectivity index (χ3v) is 6.89. The summed E-state index contributed by atoms with van der Waals surface area (Å²) in [4.78, 5) is 45.6. The Morgan fingerprint density at radius 3 is 1.55 bits per heavy atom. The van der Waals surface area contributed by atoms with Gasteiger partial charge in [0.25, 0.3) is 0 Å². The molecule has 0 radical (unpaired) electrons. The summed E-state index contributed by atoms with van der Waals surface area (Å²) in [5, 5.41) is 18.2. The molecule has 2 aliphatic carbocycles. The number of aliphatic carboxylic acids is 2. The zero-order chi connectivity index (χ0) is 16.3. The summed E-state index contributed by atoms with van der Waals surface area (Å²) in [6.45, 7) is 0. The van der Waals surface area contributed by atoms with Crippen LogP contribution in [0.25, 0.3) is 0 Å². The number of carboxylic acids is 2. The van der Waals surface area contributed by atoms with E-state index in [0.717, 1.165) is 0 Å². The Balaban J connectivity index is 1.79. The van der Waals surface area contributed by atoms with Gasteiger partial charge in [-0.3, -0.25) is 19.2 Å². The zero-order valence-corrected chi connectivity index (χ0v) is 13.5. The molecular weight excluding hydrogens is 328 g/mol. The SMILES string of the molecule is O=C(O)C1CCC(=O)C1CSSCC1C(=O)CCC1C(=O)O. The topological polar surface area (TPSA) is 109 Å². The standard InChI is InChI=1S/C14H18O6S2/c15-11-3-1-7(13(17)18)9(11)5-21-22-6-10-8(14(19)20)2-4-12(10)16/h7-10H,1-6H2,(H,17,18)(H,19,20). The van der Waals surface area contributed by atoms with E-state index in [1.165, 1.54) is 21.6 Å². The van der Waals surface area contributed by atoms with Crippen molar-refractivity contribution in [3.63, 3.8) is 0 Å². The van der Waals surface area contributed by atoms with Gasteiger partial charge in [-0.05, 0) is 12.8 Å². The highest BCUT2D eigenvalue weighted by molar-refractivity contribution is 8.76. The molecule has 6 nitrogen and oxygen atoms in total. The molecule has 0 aromatic rings. The Morgan fingerprint density at radius 2 is 1.23 bits per heavy atom. The molecule has 0 aromatic heterocycles. The van der Waals surface area contributed by atoms with Crippen molar-refractivity contribution >= 4 is 45.1 Å². The molecule has 8 heteroatoms. The van der Waals surface area contributed by atoms with Crippen LogP contribution in [0.1, 0.15) is 25.7 Å². The quantitative estimate of drug-likeness (QED) is 0.530. The number of ketones is 2. The van der Waals surface area contributed by atoms with Gasteiger partial charge in [-0.25, -0.2) is 0 Å². The van der Waals surface area contributed by atoms with Crippen LogP contribution in [0.15, 0.2) is 0 Å². The molecule has 0 amide bonds. The van der Waals surface area contributed by atoms with Gasteiger partial charge in [0.05, 0.1) is 11.8 Å². The lowest BCUT2D eigenvalue weighted by molar-refractivity contribution is -0.144. The van der Waals surface area contributed by atoms with Crippen LogP contribution < -0.4 is 0 Å². The zero-order valence-electron chi connectivity index (χ0n) is 11.9. The molecule has 0 aliphatic heterocycles. The summed E-state index contributed by atoms with van der Waals surface area (Å²) in [6.07, 6.45) is 1.42. The van der Waals surface area contributed by atoms with E-state index in [1.54, 1.807) is 0 Å². The predicted molar refractivity (Wildman–Crippen MR) is 82.6 cm³/mol. The number of carboxylic acid groups (broad SMARTS) is 2. The molecule has 2 aliphatic rings. The van der Waals surface area contributed by atoms with Crippen LogP contribution in [0.2, 0.25) is 0 Å². The molecule has 0 spiro atoms. The highest BCUT2D eigenvalue weighted by Crippen LogP contribution is 2.38. The van der Waals surface area contributed by atoms with Crippen molar-refractivity contribution < 1.29 is 29.4 Å². The summed E-state index contributed by atoms with van der Waals surface area (Å²) < 4.78 is 0. The van der Waals surface area contributed by atoms with Crippen LogP contribution in [-0.2, 0) is 19.2 Å². The van der Waals surface area contributed by atoms with Gasteiger partial charge in [-0.2, -0.15) is 0 Å². The minimum Gasteiger partial charge on any atom is -0.481 e. The van der Waals surface area contributed by atoms with E-state index < -0.39 is 35.6 Å². The Hall–Kier alpha value is -1.02. The van der Waals surface area contributed by atoms with Gasteiger partial charge in [0, 0.05) is 36.2 Å². The van der Waals surface area contributed by atoms with Crippen molar-refractivity contribution in [3.05, 3.63) is 0 Å². The molecule has 2 saturated carbocycles. The first-order chi connectivity index (χ1) is 10.4. The van der Waals surface area contributed by atoms with Crippen LogP contribution in [0.5, 0.6) is 0 Å². The van der Waals surface area contributed by atoms with Gasteiger partial charge >= 0.3 is 11.9 Å². The van der Waals surface area contributed by atoms with Crippen LogP contribution in [-0.4, -0.2) is 45.2 Å². The first-order valence-electron chi connectivity index (χ1n) is 7.17. The molecule has 2 fully saturated rings. The molecule has 0 heterocycles. The third kappa shape index (κ3) is 3.84. The maximum atomic E-state index is 11.7. The maximum absolute atomic E-state index is 11.7. The fraction of sp³-hybridized carbons (Fsp3) is 0.714. The molecule has 0 saturated heterocycles. The molecular formula is C14H18O6S2. The minimum absolute atomic E-state index is 0.0131. The highest BCUT2D eigenvalue weighted by Gasteiger charge is 2.40. The number of carbonyl (C=O) groups is 4. The van der Waals surface area contributed by atoms with E-state index in [9.17, 15) is 19.2 Å². The minimum atomic E-state index is -0.932. The van der Waals surface area contributed by atoms with E-state index in [4.69, 9.17) is 10.2 Å². The van der Waals surface area contributed by atoms with Gasteiger partial charge in [-0.1, -0.05) is 21.6 Å². The van der Waals surface area contributed by atoms with Gasteiger partial charge in [0.2, 0.25) is 0 Å². The number of hydrogen-bond donors (Lipinski definition) is 2. The average molecular weight is 346 g/mol. The lowest BCUT2D eigenvalue weighted by Gasteiger charge is -2.16. The van der Waals surface area contributed by atoms with Crippen LogP contribution in [0.4, 0.5) is 0 Å². The molecule has 0 bridgehead atoms. The first-order valence-corrected chi connectivity index (χ1v) is 9.66. The van der Waals surface area contributed by atoms with Crippen molar-refractivity contribution in [3.8, 4) is 0 Å². The number of rotatable bonds is 7. The van der Waals surface area contributed by atoms with Crippen LogP contribution >= 0.6 is 21.6 Å². The summed E-state index contributed by atoms with van der Waals surface area (Å²) in [5.41, 5.74) is 0. The van der Waals surface area contributed by atoms with Crippen molar-refractivity contribution in [1.29, 1.82) is 0 Å². The van der Waals surface area contributed by atoms with Gasteiger partial charge in [-0.15, -0.1) is 0 Å². The van der Waals surface area contributed by atoms with Crippen molar-refractivity contribution in [2.24, 2.45) is 23.7 Å². The second-order valence-corrected chi connectivity index (χ2v) is 8.23. The molecule has 2 rings (SSSR count). The Labute approximate surface area is 135 Å². The third-order valence-electron chi connectivity index (χ3n) is 4.41. The summed E-state index contributed by atoms with van der Waals surface area (Å²) >= 11 is 0. The van der Waals surface area contributed by atoms with Crippen LogP contribution in [0, 0.1) is 23.7 Å². The number of Topliss-reactive ketones (excluding diaryl/α,β-unsaturated/α-hetero) is 2. The second kappa shape index (κ2) is 7.50. The van der Waals surface area contributed by atoms with Crippen molar-refractivity contribution in [2.75, 3.05) is 11.5 Å². The fourth-order valence-corrected chi connectivity index (χ4v) is 5.85. The fourth-order valence-electron chi connectivity index (χ4n) is 3.07. The number of carbonyl (C=O) groups excluding carboxylic acids is 2. The summed E-state index contributed by atoms with van der Waals surface area (Å²) in [5.74, 6) is -3.24. The second-order valence-electron chi connectivity index (χ2n) is 5.68. The molecule has 4 unspecified atom stereocenters. The van der Waals surface area contributed by atoms with Gasteiger partial charge in [0.15, 0.2) is 0 Å². The summed E-state index contributed by atoms with van der Waals surface area (Å²) in [7, 11) is 2.73. The molecule has 22 heavy (non-hydrogen) atoms. The lowest BCUT2D eigenvalue weighted by Crippen LogP contribution is -2.25. The Morgan fingerprint density at radius 1 is 0.864 bits per heavy atom. The molecule has 4 atom stereocenters.